The SMILES string of the molecule is CNC1COCC1C(=O)NCCCN1CCCCC1C. The van der Waals surface area contributed by atoms with Crippen molar-refractivity contribution < 1.29 is 9.53 Å². The van der Waals surface area contributed by atoms with E-state index in [1.807, 2.05) is 7.05 Å². The van der Waals surface area contributed by atoms with Crippen molar-refractivity contribution in [3.8, 4) is 0 Å². The van der Waals surface area contributed by atoms with Gasteiger partial charge >= 0.3 is 0 Å². The van der Waals surface area contributed by atoms with Crippen LogP contribution in [-0.4, -0.2) is 62.8 Å². The Morgan fingerprint density at radius 1 is 1.35 bits per heavy atom. The highest BCUT2D eigenvalue weighted by atomic mass is 16.5. The van der Waals surface area contributed by atoms with Crippen molar-refractivity contribution in [2.75, 3.05) is 39.9 Å². The Bertz CT molecular complexity index is 311. The first-order valence-corrected chi connectivity index (χ1v) is 7.99. The van der Waals surface area contributed by atoms with Gasteiger partial charge in [-0.3, -0.25) is 4.79 Å². The van der Waals surface area contributed by atoms with Crippen LogP contribution in [0, 0.1) is 5.92 Å². The Kier molecular flexibility index (Phi) is 6.26. The van der Waals surface area contributed by atoms with Crippen LogP contribution in [-0.2, 0) is 9.53 Å². The predicted molar refractivity (Wildman–Crippen MR) is 79.7 cm³/mol. The smallest absolute Gasteiger partial charge is 0.227 e. The van der Waals surface area contributed by atoms with Gasteiger partial charge in [0, 0.05) is 25.2 Å². The zero-order valence-corrected chi connectivity index (χ0v) is 12.9. The van der Waals surface area contributed by atoms with Gasteiger partial charge in [-0.15, -0.1) is 0 Å². The van der Waals surface area contributed by atoms with E-state index in [4.69, 9.17) is 4.74 Å². The Labute approximate surface area is 122 Å². The number of hydrogen-bond donors (Lipinski definition) is 2. The van der Waals surface area contributed by atoms with Crippen LogP contribution in [0.2, 0.25) is 0 Å². The fraction of sp³-hybridized carbons (Fsp3) is 0.933. The van der Waals surface area contributed by atoms with Crippen molar-refractivity contribution in [1.29, 1.82) is 0 Å². The molecule has 2 fully saturated rings. The number of hydrogen-bond acceptors (Lipinski definition) is 4. The molecule has 0 aromatic carbocycles. The molecule has 0 saturated carbocycles. The summed E-state index contributed by atoms with van der Waals surface area (Å²) in [6, 6.07) is 0.869. The molecule has 5 nitrogen and oxygen atoms in total. The van der Waals surface area contributed by atoms with Gasteiger partial charge in [0.2, 0.25) is 5.91 Å². The number of carbonyl (C=O) groups excluding carboxylic acids is 1. The van der Waals surface area contributed by atoms with Crippen LogP contribution in [0.4, 0.5) is 0 Å². The monoisotopic (exact) mass is 283 g/mol. The van der Waals surface area contributed by atoms with Gasteiger partial charge in [0.25, 0.3) is 0 Å². The standard InChI is InChI=1S/C15H29N3O2/c1-12-6-3-4-8-18(12)9-5-7-17-15(19)13-10-20-11-14(13)16-2/h12-14,16H,3-11H2,1-2H3,(H,17,19). The maximum atomic E-state index is 12.1. The average molecular weight is 283 g/mol. The first-order valence-electron chi connectivity index (χ1n) is 7.99. The largest absolute Gasteiger partial charge is 0.379 e. The summed E-state index contributed by atoms with van der Waals surface area (Å²) in [5.41, 5.74) is 0. The summed E-state index contributed by atoms with van der Waals surface area (Å²) in [6.07, 6.45) is 5.03. The summed E-state index contributed by atoms with van der Waals surface area (Å²) in [5.74, 6) is 0.0995. The number of likely N-dealkylation sites (N-methyl/N-ethyl adjacent to an activating group) is 1. The Balaban J connectivity index is 1.61. The highest BCUT2D eigenvalue weighted by molar-refractivity contribution is 5.79. The van der Waals surface area contributed by atoms with Crippen LogP contribution in [0.5, 0.6) is 0 Å². The zero-order valence-electron chi connectivity index (χ0n) is 12.9. The number of amides is 1. The van der Waals surface area contributed by atoms with Crippen molar-refractivity contribution in [2.24, 2.45) is 5.92 Å². The number of piperidine rings is 1. The highest BCUT2D eigenvalue weighted by Crippen LogP contribution is 2.16. The second-order valence-corrected chi connectivity index (χ2v) is 6.06. The average Bonchev–Trinajstić information content (AvgIpc) is 2.93. The second kappa shape index (κ2) is 7.96. The van der Waals surface area contributed by atoms with Gasteiger partial charge in [-0.25, -0.2) is 0 Å². The van der Waals surface area contributed by atoms with E-state index in [9.17, 15) is 4.79 Å². The van der Waals surface area contributed by atoms with Gasteiger partial charge in [0.15, 0.2) is 0 Å². The molecule has 0 aliphatic carbocycles. The van der Waals surface area contributed by atoms with Crippen LogP contribution in [0.25, 0.3) is 0 Å². The topological polar surface area (TPSA) is 53.6 Å². The molecule has 5 heteroatoms. The van der Waals surface area contributed by atoms with Crippen molar-refractivity contribution >= 4 is 5.91 Å². The molecule has 2 rings (SSSR count). The minimum atomic E-state index is -0.0334. The van der Waals surface area contributed by atoms with E-state index in [1.54, 1.807) is 0 Å². The van der Waals surface area contributed by atoms with Gasteiger partial charge in [-0.2, -0.15) is 0 Å². The summed E-state index contributed by atoms with van der Waals surface area (Å²) >= 11 is 0. The summed E-state index contributed by atoms with van der Waals surface area (Å²) in [6.45, 7) is 6.58. The third kappa shape index (κ3) is 4.17. The molecule has 0 aromatic heterocycles. The maximum absolute atomic E-state index is 12.1. The predicted octanol–water partition coefficient (Wildman–Crippen LogP) is 0.602. The number of ether oxygens (including phenoxy) is 1. The molecule has 2 aliphatic rings. The highest BCUT2D eigenvalue weighted by Gasteiger charge is 2.32. The lowest BCUT2D eigenvalue weighted by Crippen LogP contribution is -2.43. The number of carbonyl (C=O) groups is 1. The minimum Gasteiger partial charge on any atom is -0.379 e. The van der Waals surface area contributed by atoms with Crippen LogP contribution < -0.4 is 10.6 Å². The number of nitrogens with zero attached hydrogens (tertiary/aromatic N) is 1. The van der Waals surface area contributed by atoms with Crippen molar-refractivity contribution in [3.05, 3.63) is 0 Å². The Morgan fingerprint density at radius 2 is 2.20 bits per heavy atom. The van der Waals surface area contributed by atoms with Gasteiger partial charge in [-0.05, 0) is 39.8 Å². The normalized spacial score (nSPS) is 31.4. The van der Waals surface area contributed by atoms with Gasteiger partial charge < -0.3 is 20.3 Å². The number of rotatable bonds is 6. The fourth-order valence-corrected chi connectivity index (χ4v) is 3.21. The molecule has 3 unspecified atom stereocenters. The summed E-state index contributed by atoms with van der Waals surface area (Å²) in [4.78, 5) is 14.6. The second-order valence-electron chi connectivity index (χ2n) is 6.06. The molecule has 20 heavy (non-hydrogen) atoms. The van der Waals surface area contributed by atoms with Gasteiger partial charge in [-0.1, -0.05) is 6.42 Å². The lowest BCUT2D eigenvalue weighted by Gasteiger charge is -2.33. The van der Waals surface area contributed by atoms with Crippen molar-refractivity contribution in [1.82, 2.24) is 15.5 Å². The van der Waals surface area contributed by atoms with E-state index >= 15 is 0 Å². The zero-order chi connectivity index (χ0) is 14.4. The van der Waals surface area contributed by atoms with E-state index in [1.165, 1.54) is 25.8 Å². The first-order chi connectivity index (χ1) is 9.72. The Hall–Kier alpha value is -0.650. The molecule has 1 amide bonds. The molecule has 0 radical (unpaired) electrons. The van der Waals surface area contributed by atoms with Crippen molar-refractivity contribution in [3.63, 3.8) is 0 Å². The summed E-state index contributed by atoms with van der Waals surface area (Å²) < 4.78 is 5.37. The molecular weight excluding hydrogens is 254 g/mol. The number of nitrogens with one attached hydrogen (secondary N) is 2. The quantitative estimate of drug-likeness (QED) is 0.701. The molecule has 2 saturated heterocycles. The van der Waals surface area contributed by atoms with Crippen LogP contribution >= 0.6 is 0 Å². The van der Waals surface area contributed by atoms with E-state index in [0.29, 0.717) is 19.3 Å². The molecule has 0 spiro atoms. The van der Waals surface area contributed by atoms with Gasteiger partial charge in [0.05, 0.1) is 19.1 Å². The Morgan fingerprint density at radius 3 is 2.95 bits per heavy atom. The molecule has 3 atom stereocenters. The van der Waals surface area contributed by atoms with Crippen molar-refractivity contribution in [2.45, 2.75) is 44.7 Å². The fourth-order valence-electron chi connectivity index (χ4n) is 3.21. The minimum absolute atomic E-state index is 0.0334. The third-order valence-corrected chi connectivity index (χ3v) is 4.65. The number of likely N-dealkylation sites (tertiary alicyclic amines) is 1. The summed E-state index contributed by atoms with van der Waals surface area (Å²) in [7, 11) is 1.89. The van der Waals surface area contributed by atoms with E-state index in [0.717, 1.165) is 19.5 Å². The molecule has 2 heterocycles. The lowest BCUT2D eigenvalue weighted by atomic mass is 10.0. The molecule has 2 N–H and O–H groups in total. The van der Waals surface area contributed by atoms with Crippen LogP contribution in [0.3, 0.4) is 0 Å². The molecular formula is C15H29N3O2. The lowest BCUT2D eigenvalue weighted by molar-refractivity contribution is -0.125. The van der Waals surface area contributed by atoms with E-state index in [-0.39, 0.29) is 17.9 Å². The first kappa shape index (κ1) is 15.7. The van der Waals surface area contributed by atoms with Gasteiger partial charge in [0.1, 0.15) is 0 Å². The van der Waals surface area contributed by atoms with Crippen LogP contribution in [0.1, 0.15) is 32.6 Å². The molecule has 2 aliphatic heterocycles. The van der Waals surface area contributed by atoms with E-state index < -0.39 is 0 Å². The molecule has 0 aromatic rings. The summed E-state index contributed by atoms with van der Waals surface area (Å²) in [5, 5.41) is 6.21. The van der Waals surface area contributed by atoms with Crippen LogP contribution in [0.15, 0.2) is 0 Å². The third-order valence-electron chi connectivity index (χ3n) is 4.65. The molecule has 116 valence electrons. The maximum Gasteiger partial charge on any atom is 0.227 e. The van der Waals surface area contributed by atoms with E-state index in [2.05, 4.69) is 22.5 Å². The molecule has 0 bridgehead atoms.